The van der Waals surface area contributed by atoms with Gasteiger partial charge in [0.15, 0.2) is 0 Å². The van der Waals surface area contributed by atoms with Gasteiger partial charge in [0.25, 0.3) is 0 Å². The maximum Gasteiger partial charge on any atom is 0.141 e. The van der Waals surface area contributed by atoms with E-state index in [2.05, 4.69) is 44.1 Å². The second-order valence-electron chi connectivity index (χ2n) is 4.21. The van der Waals surface area contributed by atoms with Gasteiger partial charge in [0.1, 0.15) is 11.5 Å². The van der Waals surface area contributed by atoms with E-state index >= 15 is 0 Å². The Morgan fingerprint density at radius 1 is 1.10 bits per heavy atom. The van der Waals surface area contributed by atoms with Gasteiger partial charge in [-0.05, 0) is 52.8 Å². The molecule has 2 aromatic rings. The topological polar surface area (TPSA) is 21.3 Å². The SMILES string of the molecule is CCNCc1ccc(Br)cc1Oc1ccc(Cl)cc1Br. The van der Waals surface area contributed by atoms with Crippen LogP contribution < -0.4 is 10.1 Å². The monoisotopic (exact) mass is 417 g/mol. The lowest BCUT2D eigenvalue weighted by molar-refractivity contribution is 0.470. The van der Waals surface area contributed by atoms with Crippen molar-refractivity contribution in [3.05, 3.63) is 55.9 Å². The summed E-state index contributed by atoms with van der Waals surface area (Å²) in [6.07, 6.45) is 0. The summed E-state index contributed by atoms with van der Waals surface area (Å²) in [5.41, 5.74) is 1.11. The summed E-state index contributed by atoms with van der Waals surface area (Å²) in [5, 5.41) is 3.98. The van der Waals surface area contributed by atoms with E-state index in [1.165, 1.54) is 0 Å². The summed E-state index contributed by atoms with van der Waals surface area (Å²) in [7, 11) is 0. The van der Waals surface area contributed by atoms with Crippen LogP contribution in [-0.2, 0) is 6.54 Å². The standard InChI is InChI=1S/C15H14Br2ClNO/c1-2-19-9-10-3-4-11(16)7-15(10)20-14-6-5-12(18)8-13(14)17/h3-8,19H,2,9H2,1H3. The number of hydrogen-bond acceptors (Lipinski definition) is 2. The fraction of sp³-hybridized carbons (Fsp3) is 0.200. The molecule has 2 rings (SSSR count). The number of halogens is 3. The van der Waals surface area contributed by atoms with Crippen LogP contribution in [0.2, 0.25) is 5.02 Å². The van der Waals surface area contributed by atoms with E-state index < -0.39 is 0 Å². The predicted octanol–water partition coefficient (Wildman–Crippen LogP) is 5.77. The highest BCUT2D eigenvalue weighted by atomic mass is 79.9. The van der Waals surface area contributed by atoms with E-state index in [0.717, 1.165) is 39.1 Å². The molecule has 106 valence electrons. The molecule has 0 radical (unpaired) electrons. The molecule has 5 heteroatoms. The minimum atomic E-state index is 0.673. The van der Waals surface area contributed by atoms with E-state index in [-0.39, 0.29) is 0 Å². The Balaban J connectivity index is 2.29. The molecule has 0 atom stereocenters. The van der Waals surface area contributed by atoms with Gasteiger partial charge in [0, 0.05) is 21.6 Å². The van der Waals surface area contributed by atoms with Crippen molar-refractivity contribution < 1.29 is 4.74 Å². The molecule has 0 amide bonds. The largest absolute Gasteiger partial charge is 0.456 e. The van der Waals surface area contributed by atoms with Crippen LogP contribution >= 0.6 is 43.5 Å². The van der Waals surface area contributed by atoms with Crippen LogP contribution in [0.1, 0.15) is 12.5 Å². The fourth-order valence-electron chi connectivity index (χ4n) is 1.71. The molecule has 0 aromatic heterocycles. The highest BCUT2D eigenvalue weighted by Crippen LogP contribution is 2.34. The Labute approximate surface area is 140 Å². The average Bonchev–Trinajstić information content (AvgIpc) is 2.41. The van der Waals surface area contributed by atoms with Crippen molar-refractivity contribution in [3.63, 3.8) is 0 Å². The molecule has 1 N–H and O–H groups in total. The van der Waals surface area contributed by atoms with Crippen molar-refractivity contribution >= 4 is 43.5 Å². The van der Waals surface area contributed by atoms with Crippen LogP contribution in [0.15, 0.2) is 45.3 Å². The molecular weight excluding hydrogens is 405 g/mol. The second-order valence-corrected chi connectivity index (χ2v) is 6.42. The van der Waals surface area contributed by atoms with Crippen molar-refractivity contribution in [2.75, 3.05) is 6.54 Å². The molecular formula is C15H14Br2ClNO. The molecule has 0 spiro atoms. The average molecular weight is 420 g/mol. The van der Waals surface area contributed by atoms with Crippen molar-refractivity contribution in [1.29, 1.82) is 0 Å². The number of nitrogens with one attached hydrogen (secondary N) is 1. The van der Waals surface area contributed by atoms with Crippen LogP contribution in [0.4, 0.5) is 0 Å². The van der Waals surface area contributed by atoms with Crippen molar-refractivity contribution in [1.82, 2.24) is 5.32 Å². The summed E-state index contributed by atoms with van der Waals surface area (Å²) >= 11 is 12.9. The minimum absolute atomic E-state index is 0.673. The molecule has 0 heterocycles. The van der Waals surface area contributed by atoms with Gasteiger partial charge >= 0.3 is 0 Å². The highest BCUT2D eigenvalue weighted by molar-refractivity contribution is 9.10. The number of hydrogen-bond donors (Lipinski definition) is 1. The number of ether oxygens (including phenoxy) is 1. The minimum Gasteiger partial charge on any atom is -0.456 e. The lowest BCUT2D eigenvalue weighted by Gasteiger charge is -2.13. The third kappa shape index (κ3) is 4.22. The summed E-state index contributed by atoms with van der Waals surface area (Å²) in [6, 6.07) is 11.5. The van der Waals surface area contributed by atoms with Crippen molar-refractivity contribution in [3.8, 4) is 11.5 Å². The van der Waals surface area contributed by atoms with Crippen LogP contribution in [0, 0.1) is 0 Å². The van der Waals surface area contributed by atoms with E-state index in [9.17, 15) is 0 Å². The van der Waals surface area contributed by atoms with Gasteiger partial charge in [-0.3, -0.25) is 0 Å². The van der Waals surface area contributed by atoms with Crippen molar-refractivity contribution in [2.45, 2.75) is 13.5 Å². The molecule has 2 nitrogen and oxygen atoms in total. The first-order valence-electron chi connectivity index (χ1n) is 6.22. The Bertz CT molecular complexity index is 604. The zero-order valence-electron chi connectivity index (χ0n) is 10.9. The summed E-state index contributed by atoms with van der Waals surface area (Å²) in [5.74, 6) is 1.56. The molecule has 20 heavy (non-hydrogen) atoms. The van der Waals surface area contributed by atoms with Gasteiger partial charge < -0.3 is 10.1 Å². The Kier molecular flexibility index (Phi) is 5.90. The van der Waals surface area contributed by atoms with Crippen LogP contribution in [0.3, 0.4) is 0 Å². The molecule has 0 saturated carbocycles. The van der Waals surface area contributed by atoms with Crippen LogP contribution in [0.25, 0.3) is 0 Å². The number of benzene rings is 2. The van der Waals surface area contributed by atoms with E-state index in [0.29, 0.717) is 5.02 Å². The quantitative estimate of drug-likeness (QED) is 0.665. The predicted molar refractivity (Wildman–Crippen MR) is 90.7 cm³/mol. The van der Waals surface area contributed by atoms with Crippen LogP contribution in [0.5, 0.6) is 11.5 Å². The molecule has 0 fully saturated rings. The molecule has 0 aliphatic carbocycles. The molecule has 0 bridgehead atoms. The molecule has 0 saturated heterocycles. The van der Waals surface area contributed by atoms with Gasteiger partial charge in [0.05, 0.1) is 4.47 Å². The van der Waals surface area contributed by atoms with E-state index in [1.54, 1.807) is 0 Å². The van der Waals surface area contributed by atoms with Crippen molar-refractivity contribution in [2.24, 2.45) is 0 Å². The van der Waals surface area contributed by atoms with E-state index in [4.69, 9.17) is 16.3 Å². The highest BCUT2D eigenvalue weighted by Gasteiger charge is 2.08. The third-order valence-electron chi connectivity index (χ3n) is 2.71. The zero-order valence-corrected chi connectivity index (χ0v) is 14.8. The first-order valence-corrected chi connectivity index (χ1v) is 8.18. The lowest BCUT2D eigenvalue weighted by atomic mass is 10.2. The summed E-state index contributed by atoms with van der Waals surface area (Å²) < 4.78 is 7.81. The van der Waals surface area contributed by atoms with Gasteiger partial charge in [-0.25, -0.2) is 0 Å². The lowest BCUT2D eigenvalue weighted by Crippen LogP contribution is -2.12. The van der Waals surface area contributed by atoms with Gasteiger partial charge in [-0.15, -0.1) is 0 Å². The van der Waals surface area contributed by atoms with Crippen LogP contribution in [-0.4, -0.2) is 6.54 Å². The van der Waals surface area contributed by atoms with Gasteiger partial charge in [-0.2, -0.15) is 0 Å². The zero-order chi connectivity index (χ0) is 14.5. The first kappa shape index (κ1) is 15.8. The Morgan fingerprint density at radius 2 is 1.90 bits per heavy atom. The molecule has 0 unspecified atom stereocenters. The van der Waals surface area contributed by atoms with Gasteiger partial charge in [0.2, 0.25) is 0 Å². The normalized spacial score (nSPS) is 10.6. The Morgan fingerprint density at radius 3 is 2.60 bits per heavy atom. The van der Waals surface area contributed by atoms with Gasteiger partial charge in [-0.1, -0.05) is 40.5 Å². The number of rotatable bonds is 5. The maximum absolute atomic E-state index is 6.00. The molecule has 0 aliphatic rings. The Hall–Kier alpha value is -0.550. The molecule has 2 aromatic carbocycles. The van der Waals surface area contributed by atoms with E-state index in [1.807, 2.05) is 36.4 Å². The molecule has 0 aliphatic heterocycles. The maximum atomic E-state index is 6.00. The first-order chi connectivity index (χ1) is 9.60. The third-order valence-corrected chi connectivity index (χ3v) is 4.06. The smallest absolute Gasteiger partial charge is 0.141 e. The summed E-state index contributed by atoms with van der Waals surface area (Å²) in [4.78, 5) is 0. The second kappa shape index (κ2) is 7.46. The summed E-state index contributed by atoms with van der Waals surface area (Å²) in [6.45, 7) is 3.76. The fourth-order valence-corrected chi connectivity index (χ4v) is 2.81.